The van der Waals surface area contributed by atoms with E-state index in [0.29, 0.717) is 5.75 Å². The van der Waals surface area contributed by atoms with Crippen LogP contribution in [0.5, 0.6) is 5.75 Å². The van der Waals surface area contributed by atoms with E-state index in [-0.39, 0.29) is 11.2 Å². The first-order valence-electron chi connectivity index (χ1n) is 5.61. The van der Waals surface area contributed by atoms with Gasteiger partial charge in [-0.3, -0.25) is 4.79 Å². The highest BCUT2D eigenvalue weighted by Crippen LogP contribution is 2.32. The fourth-order valence-corrected chi connectivity index (χ4v) is 2.11. The lowest BCUT2D eigenvalue weighted by molar-refractivity contribution is 0.102. The molecular weight excluding hydrogens is 232 g/mol. The summed E-state index contributed by atoms with van der Waals surface area (Å²) in [4.78, 5) is 11.9. The van der Waals surface area contributed by atoms with Crippen molar-refractivity contribution in [3.05, 3.63) is 29.3 Å². The molecule has 0 spiro atoms. The van der Waals surface area contributed by atoms with Crippen molar-refractivity contribution in [2.75, 3.05) is 19.1 Å². The molecule has 3 heteroatoms. The Bertz CT molecular complexity index is 405. The van der Waals surface area contributed by atoms with Gasteiger partial charge < -0.3 is 4.74 Å². The maximum Gasteiger partial charge on any atom is 0.172 e. The minimum absolute atomic E-state index is 0.0268. The summed E-state index contributed by atoms with van der Waals surface area (Å²) in [6.45, 7) is 6.36. The molecule has 0 saturated carbocycles. The Labute approximate surface area is 108 Å². The zero-order chi connectivity index (χ0) is 13.1. The molecular formula is C14H20O2S. The summed E-state index contributed by atoms with van der Waals surface area (Å²) in [6, 6.07) is 5.68. The molecule has 1 aromatic rings. The van der Waals surface area contributed by atoms with Crippen molar-refractivity contribution in [1.29, 1.82) is 0 Å². The van der Waals surface area contributed by atoms with Gasteiger partial charge in [-0.2, -0.15) is 11.8 Å². The molecule has 0 aliphatic heterocycles. The van der Waals surface area contributed by atoms with Gasteiger partial charge in [0.15, 0.2) is 5.78 Å². The molecule has 0 aliphatic carbocycles. The van der Waals surface area contributed by atoms with Crippen molar-refractivity contribution in [2.24, 2.45) is 0 Å². The van der Waals surface area contributed by atoms with Gasteiger partial charge in [0.1, 0.15) is 5.75 Å². The average Bonchev–Trinajstić information content (AvgIpc) is 2.27. The summed E-state index contributed by atoms with van der Waals surface area (Å²) in [5, 5.41) is 0. The summed E-state index contributed by atoms with van der Waals surface area (Å²) >= 11 is 1.55. The fourth-order valence-electron chi connectivity index (χ4n) is 1.68. The van der Waals surface area contributed by atoms with Crippen LogP contribution in [0.3, 0.4) is 0 Å². The summed E-state index contributed by atoms with van der Waals surface area (Å²) in [7, 11) is 1.66. The van der Waals surface area contributed by atoms with Gasteiger partial charge >= 0.3 is 0 Å². The van der Waals surface area contributed by atoms with Crippen LogP contribution < -0.4 is 4.74 Å². The standard InChI is InChI=1S/C14H20O2S/c1-14(2,3)11-8-10(12(15)9-17-5)6-7-13(11)16-4/h6-8H,9H2,1-5H3. The van der Waals surface area contributed by atoms with E-state index in [1.165, 1.54) is 0 Å². The molecule has 2 nitrogen and oxygen atoms in total. The maximum absolute atomic E-state index is 11.9. The smallest absolute Gasteiger partial charge is 0.172 e. The van der Waals surface area contributed by atoms with Crippen LogP contribution in [0.1, 0.15) is 36.7 Å². The van der Waals surface area contributed by atoms with E-state index in [9.17, 15) is 4.79 Å². The number of ketones is 1. The Balaban J connectivity index is 3.18. The number of carbonyl (C=O) groups is 1. The van der Waals surface area contributed by atoms with Crippen LogP contribution in [0.4, 0.5) is 0 Å². The molecule has 1 aromatic carbocycles. The topological polar surface area (TPSA) is 26.3 Å². The van der Waals surface area contributed by atoms with Crippen molar-refractivity contribution >= 4 is 17.5 Å². The predicted molar refractivity (Wildman–Crippen MR) is 74.4 cm³/mol. The Kier molecular flexibility index (Phi) is 4.63. The molecule has 0 unspecified atom stereocenters. The van der Waals surface area contributed by atoms with Crippen LogP contribution in [0.25, 0.3) is 0 Å². The number of methoxy groups -OCH3 is 1. The first-order valence-corrected chi connectivity index (χ1v) is 7.00. The molecule has 0 radical (unpaired) electrons. The Hall–Kier alpha value is -0.960. The second-order valence-electron chi connectivity index (χ2n) is 5.02. The van der Waals surface area contributed by atoms with Crippen molar-refractivity contribution < 1.29 is 9.53 Å². The molecule has 94 valence electrons. The van der Waals surface area contributed by atoms with Crippen molar-refractivity contribution in [2.45, 2.75) is 26.2 Å². The lowest BCUT2D eigenvalue weighted by atomic mass is 9.85. The number of hydrogen-bond donors (Lipinski definition) is 0. The minimum atomic E-state index is -0.0268. The van der Waals surface area contributed by atoms with Gasteiger partial charge in [-0.25, -0.2) is 0 Å². The molecule has 0 amide bonds. The molecule has 1 rings (SSSR count). The van der Waals surface area contributed by atoms with E-state index in [0.717, 1.165) is 16.9 Å². The third-order valence-corrected chi connectivity index (χ3v) is 3.16. The number of ether oxygens (including phenoxy) is 1. The van der Waals surface area contributed by atoms with Crippen LogP contribution in [-0.2, 0) is 5.41 Å². The Morgan fingerprint density at radius 2 is 2.00 bits per heavy atom. The van der Waals surface area contributed by atoms with E-state index in [2.05, 4.69) is 20.8 Å². The molecule has 0 aromatic heterocycles. The second-order valence-corrected chi connectivity index (χ2v) is 5.89. The first kappa shape index (κ1) is 14.1. The SMILES string of the molecule is COc1ccc(C(=O)CSC)cc1C(C)(C)C. The third-order valence-electron chi connectivity index (χ3n) is 2.60. The quantitative estimate of drug-likeness (QED) is 0.767. The molecule has 0 bridgehead atoms. The van der Waals surface area contributed by atoms with E-state index in [1.807, 2.05) is 24.5 Å². The van der Waals surface area contributed by atoms with Crippen LogP contribution in [0.15, 0.2) is 18.2 Å². The van der Waals surface area contributed by atoms with Gasteiger partial charge in [0, 0.05) is 11.1 Å². The first-order chi connectivity index (χ1) is 7.90. The molecule has 0 saturated heterocycles. The fraction of sp³-hybridized carbons (Fsp3) is 0.500. The van der Waals surface area contributed by atoms with Crippen LogP contribution in [-0.4, -0.2) is 24.9 Å². The summed E-state index contributed by atoms with van der Waals surface area (Å²) < 4.78 is 5.35. The molecule has 0 fully saturated rings. The second kappa shape index (κ2) is 5.58. The van der Waals surface area contributed by atoms with Crippen molar-refractivity contribution in [3.8, 4) is 5.75 Å². The zero-order valence-electron chi connectivity index (χ0n) is 11.2. The van der Waals surface area contributed by atoms with Crippen LogP contribution in [0, 0.1) is 0 Å². The van der Waals surface area contributed by atoms with Gasteiger partial charge in [-0.1, -0.05) is 20.8 Å². The summed E-state index contributed by atoms with van der Waals surface area (Å²) in [5.41, 5.74) is 1.82. The minimum Gasteiger partial charge on any atom is -0.496 e. The summed E-state index contributed by atoms with van der Waals surface area (Å²) in [6.07, 6.45) is 1.94. The number of rotatable bonds is 4. The van der Waals surface area contributed by atoms with Gasteiger partial charge in [-0.15, -0.1) is 0 Å². The van der Waals surface area contributed by atoms with Gasteiger partial charge in [0.25, 0.3) is 0 Å². The van der Waals surface area contributed by atoms with Crippen molar-refractivity contribution in [3.63, 3.8) is 0 Å². The highest BCUT2D eigenvalue weighted by atomic mass is 32.2. The largest absolute Gasteiger partial charge is 0.496 e. The molecule has 0 heterocycles. The van der Waals surface area contributed by atoms with Crippen LogP contribution >= 0.6 is 11.8 Å². The number of Topliss-reactive ketones (excluding diaryl/α,β-unsaturated/α-hetero) is 1. The number of carbonyl (C=O) groups excluding carboxylic acids is 1. The molecule has 0 N–H and O–H groups in total. The lowest BCUT2D eigenvalue weighted by Crippen LogP contribution is -2.14. The lowest BCUT2D eigenvalue weighted by Gasteiger charge is -2.22. The molecule has 17 heavy (non-hydrogen) atoms. The van der Waals surface area contributed by atoms with E-state index < -0.39 is 0 Å². The zero-order valence-corrected chi connectivity index (χ0v) is 12.0. The normalized spacial score (nSPS) is 11.4. The number of thioether (sulfide) groups is 1. The van der Waals surface area contributed by atoms with Crippen LogP contribution in [0.2, 0.25) is 0 Å². The predicted octanol–water partition coefficient (Wildman–Crippen LogP) is 3.54. The highest BCUT2D eigenvalue weighted by molar-refractivity contribution is 7.99. The van der Waals surface area contributed by atoms with Gasteiger partial charge in [0.05, 0.1) is 12.9 Å². The third kappa shape index (κ3) is 3.50. The van der Waals surface area contributed by atoms with E-state index in [4.69, 9.17) is 4.74 Å². The average molecular weight is 252 g/mol. The number of benzene rings is 1. The highest BCUT2D eigenvalue weighted by Gasteiger charge is 2.20. The van der Waals surface area contributed by atoms with Gasteiger partial charge in [-0.05, 0) is 29.9 Å². The Morgan fingerprint density at radius 3 is 2.47 bits per heavy atom. The van der Waals surface area contributed by atoms with E-state index >= 15 is 0 Å². The van der Waals surface area contributed by atoms with Crippen molar-refractivity contribution in [1.82, 2.24) is 0 Å². The maximum atomic E-state index is 11.9. The van der Waals surface area contributed by atoms with Gasteiger partial charge in [0.2, 0.25) is 0 Å². The molecule has 0 aliphatic rings. The Morgan fingerprint density at radius 1 is 1.35 bits per heavy atom. The summed E-state index contributed by atoms with van der Waals surface area (Å²) in [5.74, 6) is 1.54. The monoisotopic (exact) mass is 252 g/mol. The van der Waals surface area contributed by atoms with E-state index in [1.54, 1.807) is 18.9 Å². The number of hydrogen-bond acceptors (Lipinski definition) is 3. The molecule has 0 atom stereocenters.